The molecule has 0 radical (unpaired) electrons. The quantitative estimate of drug-likeness (QED) is 0.335. The van der Waals surface area contributed by atoms with Crippen molar-refractivity contribution in [2.24, 2.45) is 7.05 Å². The number of hydrogen-bond donors (Lipinski definition) is 1. The Bertz CT molecular complexity index is 1260. The van der Waals surface area contributed by atoms with Crippen LogP contribution in [0.2, 0.25) is 0 Å². The lowest BCUT2D eigenvalue weighted by molar-refractivity contribution is 0.0516. The predicted octanol–water partition coefficient (Wildman–Crippen LogP) is 3.69. The number of anilines is 1. The van der Waals surface area contributed by atoms with Crippen molar-refractivity contribution < 1.29 is 28.1 Å². The zero-order valence-electron chi connectivity index (χ0n) is 19.7. The molecular weight excluding hydrogens is 470 g/mol. The Labute approximate surface area is 206 Å². The van der Waals surface area contributed by atoms with Gasteiger partial charge in [0.25, 0.3) is 0 Å². The number of ether oxygens (including phenoxy) is 2. The number of esters is 1. The Balaban J connectivity index is 1.82. The molecule has 0 aliphatic rings. The van der Waals surface area contributed by atoms with E-state index in [1.165, 1.54) is 12.1 Å². The van der Waals surface area contributed by atoms with Gasteiger partial charge in [0.15, 0.2) is 0 Å². The second-order valence-corrected chi connectivity index (χ2v) is 8.35. The first-order valence-corrected chi connectivity index (χ1v) is 12.0. The monoisotopic (exact) mass is 496 g/mol. The van der Waals surface area contributed by atoms with E-state index in [1.807, 2.05) is 6.92 Å². The number of hydrogen-bond acceptors (Lipinski definition) is 7. The van der Waals surface area contributed by atoms with Crippen LogP contribution in [-0.2, 0) is 29.5 Å². The fraction of sp³-hybridized carbons (Fsp3) is 0.280. The molecule has 1 heterocycles. The van der Waals surface area contributed by atoms with E-state index in [-0.39, 0.29) is 31.2 Å². The third-order valence-electron chi connectivity index (χ3n) is 5.47. The summed E-state index contributed by atoms with van der Waals surface area (Å²) in [5.74, 6) is -0.178. The van der Waals surface area contributed by atoms with Crippen molar-refractivity contribution in [2.75, 3.05) is 24.1 Å². The molecule has 3 rings (SSSR count). The minimum absolute atomic E-state index is 0.0143. The van der Waals surface area contributed by atoms with Crippen molar-refractivity contribution in [3.05, 3.63) is 65.5 Å². The van der Waals surface area contributed by atoms with Crippen molar-refractivity contribution >= 4 is 22.9 Å². The summed E-state index contributed by atoms with van der Waals surface area (Å²) in [5.41, 5.74) is 2.79. The highest BCUT2D eigenvalue weighted by Crippen LogP contribution is 2.34. The highest BCUT2D eigenvalue weighted by Gasteiger charge is 2.26. The molecule has 0 aliphatic carbocycles. The largest absolute Gasteiger partial charge is 0.755 e. The Morgan fingerprint density at radius 2 is 1.89 bits per heavy atom. The molecule has 1 N–H and O–H groups in total. The van der Waals surface area contributed by atoms with E-state index in [9.17, 15) is 23.9 Å². The van der Waals surface area contributed by atoms with Crippen LogP contribution >= 0.6 is 0 Å². The van der Waals surface area contributed by atoms with Gasteiger partial charge in [-0.2, -0.15) is 5.26 Å². The molecule has 9 nitrogen and oxygen atoms in total. The average Bonchev–Trinajstić information content (AvgIpc) is 3.14. The third-order valence-corrected chi connectivity index (χ3v) is 6.21. The standard InChI is InChI=1S/C25H27N3O6S/c1-4-20-19(16-26)23(24(27(20)3)25(30)33-5-2)17-10-12-18(13-11-17)34-15-14-28(35(31)32)21-8-6-7-9-22(21)29/h6-13,29H,4-5,14-15H2,1-3H3,(H,31,32)/p-1. The summed E-state index contributed by atoms with van der Waals surface area (Å²) in [6.45, 7) is 3.87. The molecule has 1 aromatic heterocycles. The number of carbonyl (C=O) groups excluding carboxylic acids is 1. The van der Waals surface area contributed by atoms with Crippen molar-refractivity contribution in [1.82, 2.24) is 4.57 Å². The van der Waals surface area contributed by atoms with Gasteiger partial charge in [-0.3, -0.25) is 8.51 Å². The van der Waals surface area contributed by atoms with Crippen LogP contribution in [0.25, 0.3) is 11.1 Å². The van der Waals surface area contributed by atoms with E-state index >= 15 is 0 Å². The van der Waals surface area contributed by atoms with Gasteiger partial charge in [0, 0.05) is 29.6 Å². The number of phenolic OH excluding ortho intramolecular Hbond substituents is 1. The van der Waals surface area contributed by atoms with Gasteiger partial charge in [0.2, 0.25) is 0 Å². The summed E-state index contributed by atoms with van der Waals surface area (Å²) in [5, 5.41) is 19.8. The number of benzene rings is 2. The van der Waals surface area contributed by atoms with Crippen molar-refractivity contribution in [3.8, 4) is 28.7 Å². The molecule has 0 saturated heterocycles. The number of para-hydroxylation sites is 2. The van der Waals surface area contributed by atoms with E-state index in [1.54, 1.807) is 54.9 Å². The van der Waals surface area contributed by atoms with Gasteiger partial charge in [-0.25, -0.2) is 4.79 Å². The molecule has 1 atom stereocenters. The zero-order valence-corrected chi connectivity index (χ0v) is 20.5. The van der Waals surface area contributed by atoms with E-state index < -0.39 is 17.2 Å². The van der Waals surface area contributed by atoms with E-state index in [0.29, 0.717) is 34.6 Å². The minimum Gasteiger partial charge on any atom is -0.755 e. The Morgan fingerprint density at radius 1 is 1.20 bits per heavy atom. The third kappa shape index (κ3) is 5.48. The van der Waals surface area contributed by atoms with Gasteiger partial charge in [0.1, 0.15) is 29.9 Å². The number of aromatic hydroxyl groups is 1. The SMILES string of the molecule is CCOC(=O)c1c(-c2ccc(OCCN(c3ccccc3O)S(=O)[O-])cc2)c(C#N)c(CC)n1C. The van der Waals surface area contributed by atoms with Crippen molar-refractivity contribution in [3.63, 3.8) is 0 Å². The molecule has 10 heteroatoms. The first-order valence-electron chi connectivity index (χ1n) is 11.0. The van der Waals surface area contributed by atoms with Crippen LogP contribution in [0.1, 0.15) is 35.6 Å². The lowest BCUT2D eigenvalue weighted by atomic mass is 10.00. The van der Waals surface area contributed by atoms with Crippen molar-refractivity contribution in [1.29, 1.82) is 5.26 Å². The molecule has 1 unspecified atom stereocenters. The first kappa shape index (κ1) is 25.8. The van der Waals surface area contributed by atoms with Gasteiger partial charge in [-0.15, -0.1) is 0 Å². The van der Waals surface area contributed by atoms with Crippen LogP contribution in [0.5, 0.6) is 11.5 Å². The van der Waals surface area contributed by atoms with Crippen LogP contribution in [0.15, 0.2) is 48.5 Å². The Kier molecular flexibility index (Phi) is 8.52. The van der Waals surface area contributed by atoms with E-state index in [2.05, 4.69) is 6.07 Å². The van der Waals surface area contributed by atoms with Gasteiger partial charge in [-0.05, 0) is 43.2 Å². The Morgan fingerprint density at radius 3 is 2.46 bits per heavy atom. The van der Waals surface area contributed by atoms with E-state index in [0.717, 1.165) is 10.00 Å². The van der Waals surface area contributed by atoms with Crippen LogP contribution in [0.3, 0.4) is 0 Å². The maximum Gasteiger partial charge on any atom is 0.355 e. The summed E-state index contributed by atoms with van der Waals surface area (Å²) in [6.07, 6.45) is 0.571. The van der Waals surface area contributed by atoms with Crippen molar-refractivity contribution in [2.45, 2.75) is 20.3 Å². The Hall–Kier alpha value is -3.81. The van der Waals surface area contributed by atoms with E-state index in [4.69, 9.17) is 9.47 Å². The molecule has 0 bridgehead atoms. The molecular formula is C25H26N3O6S-. The molecule has 0 amide bonds. The van der Waals surface area contributed by atoms with Crippen LogP contribution in [0.4, 0.5) is 5.69 Å². The maximum absolute atomic E-state index is 12.7. The number of carbonyl (C=O) groups is 1. The number of rotatable bonds is 10. The normalized spacial score (nSPS) is 11.5. The summed E-state index contributed by atoms with van der Waals surface area (Å²) >= 11 is -2.60. The molecule has 184 valence electrons. The van der Waals surface area contributed by atoms with Gasteiger partial charge >= 0.3 is 5.97 Å². The predicted molar refractivity (Wildman–Crippen MR) is 131 cm³/mol. The molecule has 0 spiro atoms. The topological polar surface area (TPSA) is 128 Å². The summed E-state index contributed by atoms with van der Waals surface area (Å²) < 4.78 is 36.9. The minimum atomic E-state index is -2.60. The molecule has 35 heavy (non-hydrogen) atoms. The molecule has 3 aromatic rings. The lowest BCUT2D eigenvalue weighted by Crippen LogP contribution is -2.30. The van der Waals surface area contributed by atoms with Gasteiger partial charge in [0.05, 0.1) is 24.4 Å². The summed E-state index contributed by atoms with van der Waals surface area (Å²) in [4.78, 5) is 12.7. The second kappa shape index (κ2) is 11.6. The molecule has 0 aliphatic heterocycles. The summed E-state index contributed by atoms with van der Waals surface area (Å²) in [7, 11) is 1.74. The fourth-order valence-corrected chi connectivity index (χ4v) is 4.44. The first-order chi connectivity index (χ1) is 16.8. The summed E-state index contributed by atoms with van der Waals surface area (Å²) in [6, 6.07) is 15.2. The highest BCUT2D eigenvalue weighted by molar-refractivity contribution is 7.80. The number of phenols is 1. The van der Waals surface area contributed by atoms with Crippen LogP contribution < -0.4 is 9.04 Å². The van der Waals surface area contributed by atoms with Crippen LogP contribution in [0, 0.1) is 11.3 Å². The van der Waals surface area contributed by atoms with Gasteiger partial charge < -0.3 is 23.7 Å². The maximum atomic E-state index is 12.7. The smallest absolute Gasteiger partial charge is 0.355 e. The van der Waals surface area contributed by atoms with Crippen LogP contribution in [-0.4, -0.2) is 44.2 Å². The number of nitriles is 1. The average molecular weight is 497 g/mol. The molecule has 2 aromatic carbocycles. The van der Waals surface area contributed by atoms with Gasteiger partial charge in [-0.1, -0.05) is 31.2 Å². The molecule has 0 saturated carbocycles. The molecule has 0 fully saturated rings. The lowest BCUT2D eigenvalue weighted by Gasteiger charge is -2.26. The number of nitrogens with zero attached hydrogens (tertiary/aromatic N) is 3. The fourth-order valence-electron chi connectivity index (χ4n) is 3.90. The zero-order chi connectivity index (χ0) is 25.5. The number of aromatic nitrogens is 1. The second-order valence-electron chi connectivity index (χ2n) is 7.47. The highest BCUT2D eigenvalue weighted by atomic mass is 32.2.